The summed E-state index contributed by atoms with van der Waals surface area (Å²) in [6, 6.07) is 7.17. The van der Waals surface area contributed by atoms with E-state index >= 15 is 0 Å². The number of anilines is 1. The van der Waals surface area contributed by atoms with Crippen molar-refractivity contribution in [1.29, 1.82) is 0 Å². The molecular formula is C31H50N4O6. The molecule has 41 heavy (non-hydrogen) atoms. The van der Waals surface area contributed by atoms with E-state index < -0.39 is 0 Å². The first-order chi connectivity index (χ1) is 19.9. The molecule has 0 bridgehead atoms. The molecule has 2 aromatic rings. The molecule has 0 fully saturated rings. The number of hydrogen-bond acceptors (Lipinski definition) is 8. The molecule has 1 aromatic heterocycles. The quantitative estimate of drug-likeness (QED) is 0.144. The van der Waals surface area contributed by atoms with Crippen LogP contribution in [0.3, 0.4) is 0 Å². The number of ether oxygens (including phenoxy) is 3. The van der Waals surface area contributed by atoms with Crippen LogP contribution in [-0.4, -0.2) is 46.2 Å². The summed E-state index contributed by atoms with van der Waals surface area (Å²) >= 11 is 0. The maximum Gasteiger partial charge on any atom is 0.347 e. The Kier molecular flexibility index (Phi) is 16.3. The number of carbonyl (C=O) groups is 1. The van der Waals surface area contributed by atoms with Crippen LogP contribution in [0.15, 0.2) is 33.9 Å². The third kappa shape index (κ3) is 12.8. The molecule has 0 radical (unpaired) electrons. The Morgan fingerprint density at radius 2 is 1.49 bits per heavy atom. The molecule has 0 amide bonds. The van der Waals surface area contributed by atoms with Crippen molar-refractivity contribution in [2.24, 2.45) is 0 Å². The molecule has 0 saturated heterocycles. The lowest BCUT2D eigenvalue weighted by Crippen LogP contribution is -2.43. The van der Waals surface area contributed by atoms with E-state index in [1.807, 2.05) is 6.92 Å². The van der Waals surface area contributed by atoms with Crippen LogP contribution in [0.1, 0.15) is 98.3 Å². The first-order valence-corrected chi connectivity index (χ1v) is 15.4. The van der Waals surface area contributed by atoms with Crippen molar-refractivity contribution in [2.45, 2.75) is 118 Å². The number of esters is 1. The fourth-order valence-corrected chi connectivity index (χ4v) is 4.28. The van der Waals surface area contributed by atoms with Gasteiger partial charge in [-0.25, -0.2) is 9.48 Å². The average Bonchev–Trinajstić information content (AvgIpc) is 2.97. The fourth-order valence-electron chi connectivity index (χ4n) is 4.28. The molecule has 0 aliphatic carbocycles. The third-order valence-corrected chi connectivity index (χ3v) is 6.67. The molecule has 230 valence electrons. The molecule has 0 aliphatic rings. The van der Waals surface area contributed by atoms with E-state index in [1.165, 1.54) is 15.7 Å². The minimum Gasteiger partial charge on any atom is -0.492 e. The summed E-state index contributed by atoms with van der Waals surface area (Å²) in [5, 5.41) is 7.46. The van der Waals surface area contributed by atoms with Gasteiger partial charge in [0, 0.05) is 19.5 Å². The number of nitrogens with one attached hydrogen (secondary N) is 1. The first kappa shape index (κ1) is 33.9. The van der Waals surface area contributed by atoms with Gasteiger partial charge in [0.25, 0.3) is 5.56 Å². The van der Waals surface area contributed by atoms with Crippen molar-refractivity contribution in [2.75, 3.05) is 25.1 Å². The van der Waals surface area contributed by atoms with Gasteiger partial charge in [-0.15, -0.1) is 5.10 Å². The van der Waals surface area contributed by atoms with E-state index in [4.69, 9.17) is 14.2 Å². The van der Waals surface area contributed by atoms with E-state index in [0.29, 0.717) is 44.2 Å². The summed E-state index contributed by atoms with van der Waals surface area (Å²) in [6.07, 6.45) is 10.6. The highest BCUT2D eigenvalue weighted by atomic mass is 16.6. The van der Waals surface area contributed by atoms with Crippen molar-refractivity contribution in [3.05, 3.63) is 45.1 Å². The number of nitrogens with zero attached hydrogens (tertiary/aromatic N) is 3. The Morgan fingerprint density at radius 1 is 0.878 bits per heavy atom. The van der Waals surface area contributed by atoms with E-state index in [1.54, 1.807) is 31.2 Å². The number of aromatic nitrogens is 3. The van der Waals surface area contributed by atoms with Crippen LogP contribution in [0.2, 0.25) is 0 Å². The Morgan fingerprint density at radius 3 is 2.12 bits per heavy atom. The summed E-state index contributed by atoms with van der Waals surface area (Å²) in [5.41, 5.74) is -0.712. The van der Waals surface area contributed by atoms with Gasteiger partial charge in [0.1, 0.15) is 30.8 Å². The SMILES string of the molecule is CCCCCCCn1nc(NCCOc2ccc(OC(C)COC(=O)CC)cc2)c(=O)n(CCCCCCC)c1=O. The number of aryl methyl sites for hydroxylation is 1. The highest BCUT2D eigenvalue weighted by Gasteiger charge is 2.13. The van der Waals surface area contributed by atoms with Crippen LogP contribution in [0.4, 0.5) is 5.82 Å². The second-order valence-corrected chi connectivity index (χ2v) is 10.4. The normalized spacial score (nSPS) is 11.7. The Bertz CT molecular complexity index is 1130. The predicted molar refractivity (Wildman–Crippen MR) is 162 cm³/mol. The topological polar surface area (TPSA) is 114 Å². The van der Waals surface area contributed by atoms with Crippen LogP contribution in [-0.2, 0) is 22.6 Å². The van der Waals surface area contributed by atoms with Gasteiger partial charge in [-0.2, -0.15) is 0 Å². The van der Waals surface area contributed by atoms with Crippen LogP contribution in [0.5, 0.6) is 11.5 Å². The van der Waals surface area contributed by atoms with Gasteiger partial charge < -0.3 is 19.5 Å². The van der Waals surface area contributed by atoms with Crippen molar-refractivity contribution in [3.8, 4) is 11.5 Å². The van der Waals surface area contributed by atoms with E-state index in [-0.39, 0.29) is 35.7 Å². The molecule has 1 heterocycles. The Hall–Kier alpha value is -3.30. The monoisotopic (exact) mass is 574 g/mol. The highest BCUT2D eigenvalue weighted by molar-refractivity contribution is 5.68. The second-order valence-electron chi connectivity index (χ2n) is 10.4. The molecule has 0 spiro atoms. The lowest BCUT2D eigenvalue weighted by molar-refractivity contribution is -0.145. The minimum atomic E-state index is -0.382. The van der Waals surface area contributed by atoms with Gasteiger partial charge in [-0.05, 0) is 44.0 Å². The molecule has 1 aromatic carbocycles. The lowest BCUT2D eigenvalue weighted by atomic mass is 10.1. The Labute approximate surface area is 244 Å². The number of carbonyl (C=O) groups excluding carboxylic acids is 1. The second kappa shape index (κ2) is 19.7. The number of rotatable bonds is 22. The molecule has 1 N–H and O–H groups in total. The van der Waals surface area contributed by atoms with Crippen LogP contribution < -0.4 is 26.0 Å². The summed E-state index contributed by atoms with van der Waals surface area (Å²) in [7, 11) is 0. The van der Waals surface area contributed by atoms with Gasteiger partial charge in [0.15, 0.2) is 0 Å². The number of hydrogen-bond donors (Lipinski definition) is 1. The number of benzene rings is 1. The average molecular weight is 575 g/mol. The standard InChI is InChI=1S/C31H50N4O6/c1-5-8-10-12-14-21-34-30(37)29(33-35(31(34)38)22-15-13-11-9-6-2)32-20-23-39-26-16-18-27(19-17-26)41-25(4)24-40-28(36)7-3/h16-19,25H,5-15,20-24H2,1-4H3,(H,32,33). The number of unbranched alkanes of at least 4 members (excludes halogenated alkanes) is 8. The van der Waals surface area contributed by atoms with Gasteiger partial charge in [0.05, 0.1) is 6.54 Å². The zero-order chi connectivity index (χ0) is 29.9. The van der Waals surface area contributed by atoms with Gasteiger partial charge in [0.2, 0.25) is 5.82 Å². The largest absolute Gasteiger partial charge is 0.492 e. The van der Waals surface area contributed by atoms with Crippen molar-refractivity contribution < 1.29 is 19.0 Å². The molecule has 0 aliphatic heterocycles. The molecule has 10 heteroatoms. The first-order valence-electron chi connectivity index (χ1n) is 15.4. The molecule has 1 unspecified atom stereocenters. The van der Waals surface area contributed by atoms with Gasteiger partial charge in [-0.3, -0.25) is 14.2 Å². The zero-order valence-electron chi connectivity index (χ0n) is 25.5. The van der Waals surface area contributed by atoms with E-state index in [0.717, 1.165) is 57.8 Å². The molecule has 1 atom stereocenters. The van der Waals surface area contributed by atoms with Crippen LogP contribution in [0, 0.1) is 0 Å². The smallest absolute Gasteiger partial charge is 0.347 e. The molecule has 10 nitrogen and oxygen atoms in total. The van der Waals surface area contributed by atoms with Crippen molar-refractivity contribution >= 4 is 11.8 Å². The minimum absolute atomic E-state index is 0.178. The predicted octanol–water partition coefficient (Wildman–Crippen LogP) is 5.56. The molecule has 2 rings (SSSR count). The van der Waals surface area contributed by atoms with Crippen LogP contribution in [0.25, 0.3) is 0 Å². The van der Waals surface area contributed by atoms with Gasteiger partial charge >= 0.3 is 11.7 Å². The van der Waals surface area contributed by atoms with E-state index in [2.05, 4.69) is 24.3 Å². The van der Waals surface area contributed by atoms with Gasteiger partial charge in [-0.1, -0.05) is 72.1 Å². The fraction of sp³-hybridized carbons (Fsp3) is 0.677. The summed E-state index contributed by atoms with van der Waals surface area (Å²) in [6.45, 7) is 9.67. The van der Waals surface area contributed by atoms with Crippen molar-refractivity contribution in [1.82, 2.24) is 14.3 Å². The molecule has 0 saturated carbocycles. The van der Waals surface area contributed by atoms with Crippen molar-refractivity contribution in [3.63, 3.8) is 0 Å². The maximum atomic E-state index is 13.1. The third-order valence-electron chi connectivity index (χ3n) is 6.67. The summed E-state index contributed by atoms with van der Waals surface area (Å²) in [4.78, 5) is 37.5. The summed E-state index contributed by atoms with van der Waals surface area (Å²) < 4.78 is 19.5. The zero-order valence-corrected chi connectivity index (χ0v) is 25.5. The summed E-state index contributed by atoms with van der Waals surface area (Å²) in [5.74, 6) is 1.22. The molecular weight excluding hydrogens is 524 g/mol. The lowest BCUT2D eigenvalue weighted by Gasteiger charge is -2.15. The maximum absolute atomic E-state index is 13.1. The highest BCUT2D eigenvalue weighted by Crippen LogP contribution is 2.19. The Balaban J connectivity index is 1.94. The van der Waals surface area contributed by atoms with Crippen LogP contribution >= 0.6 is 0 Å². The van der Waals surface area contributed by atoms with E-state index in [9.17, 15) is 14.4 Å².